The van der Waals surface area contributed by atoms with Crippen molar-refractivity contribution in [2.75, 3.05) is 21.2 Å². The lowest BCUT2D eigenvalue weighted by Gasteiger charge is -2.49. The zero-order chi connectivity index (χ0) is 46.9. The molecule has 0 radical (unpaired) electrons. The molecule has 1 aromatic rings. The predicted octanol–water partition coefficient (Wildman–Crippen LogP) is 3.13. The Hall–Kier alpha value is -1.84. The molecule has 3 aliphatic rings. The van der Waals surface area contributed by atoms with Gasteiger partial charge in [-0.2, -0.15) is 0 Å². The number of hydrogen-bond donors (Lipinski definition) is 6. The highest BCUT2D eigenvalue weighted by Gasteiger charge is 2.54. The second-order valence-corrected chi connectivity index (χ2v) is 21.1. The van der Waals surface area contributed by atoms with Crippen LogP contribution in [0.4, 0.5) is 0 Å². The van der Waals surface area contributed by atoms with Gasteiger partial charge in [0.15, 0.2) is 12.6 Å². The molecule has 19 atom stereocenters. The van der Waals surface area contributed by atoms with Crippen LogP contribution in [0.1, 0.15) is 107 Å². The Bertz CT molecular complexity index is 1710. The number of carbonyl (C=O) groups excluding carboxylic acids is 1. The van der Waals surface area contributed by atoms with Crippen molar-refractivity contribution in [2.45, 2.75) is 203 Å². The van der Waals surface area contributed by atoms with Gasteiger partial charge < -0.3 is 58.9 Å². The molecule has 358 valence electrons. The van der Waals surface area contributed by atoms with Crippen LogP contribution in [0.15, 0.2) is 29.2 Å². The van der Waals surface area contributed by atoms with E-state index in [2.05, 4.69) is 4.72 Å². The minimum atomic E-state index is -4.24. The predicted molar refractivity (Wildman–Crippen MR) is 231 cm³/mol. The monoisotopic (exact) mass is 903 g/mol. The number of aliphatic hydroxyl groups is 5. The molecule has 0 saturated carbocycles. The van der Waals surface area contributed by atoms with Crippen LogP contribution in [0.5, 0.6) is 0 Å². The van der Waals surface area contributed by atoms with Crippen molar-refractivity contribution in [3.05, 3.63) is 29.8 Å². The molecule has 0 spiro atoms. The highest BCUT2D eigenvalue weighted by atomic mass is 32.2. The number of benzene rings is 1. The SMILES string of the molecule is CCc1ccc(S(=O)(=O)N[C@@H]2[C@H](C)[C@@H](O)[C@](C)(O)[C@@H](CC)OC(=O)[C@H](C)[C@@H](O[C@H]3C[C@@](C)(OC)[C@@H](O)[C@H](C)O3)[C@H](C)[C@@H](O[C@H]3O[C@@H](C)C[C@@H](N(C)C)[C@@H]3O)[C@](C)(O)C[C@H]2C)cc1. The van der Waals surface area contributed by atoms with Gasteiger partial charge in [0.2, 0.25) is 10.0 Å². The second-order valence-electron chi connectivity index (χ2n) is 19.4. The molecule has 1 aromatic carbocycles. The van der Waals surface area contributed by atoms with Crippen molar-refractivity contribution >= 4 is 16.0 Å². The summed E-state index contributed by atoms with van der Waals surface area (Å²) in [6, 6.07) is 4.98. The number of rotatable bonds is 11. The first-order valence-electron chi connectivity index (χ1n) is 22.3. The van der Waals surface area contributed by atoms with Crippen LogP contribution in [-0.4, -0.2) is 156 Å². The van der Waals surface area contributed by atoms with Crippen LogP contribution in [-0.2, 0) is 49.7 Å². The van der Waals surface area contributed by atoms with E-state index in [4.69, 9.17) is 28.4 Å². The third-order valence-electron chi connectivity index (χ3n) is 14.0. The molecule has 4 rings (SSSR count). The zero-order valence-electron chi connectivity index (χ0n) is 39.3. The smallest absolute Gasteiger partial charge is 0.311 e. The topological polar surface area (TPSA) is 223 Å². The van der Waals surface area contributed by atoms with Crippen molar-refractivity contribution in [1.82, 2.24) is 9.62 Å². The number of aliphatic hydroxyl groups excluding tert-OH is 3. The Morgan fingerprint density at radius 3 is 2.05 bits per heavy atom. The fourth-order valence-electron chi connectivity index (χ4n) is 9.98. The lowest BCUT2D eigenvalue weighted by Crippen LogP contribution is -2.62. The maximum atomic E-state index is 14.4. The van der Waals surface area contributed by atoms with Gasteiger partial charge in [-0.25, -0.2) is 13.1 Å². The molecule has 62 heavy (non-hydrogen) atoms. The van der Waals surface area contributed by atoms with Crippen molar-refractivity contribution in [3.63, 3.8) is 0 Å². The Morgan fingerprint density at radius 2 is 1.50 bits per heavy atom. The quantitative estimate of drug-likeness (QED) is 0.176. The van der Waals surface area contributed by atoms with E-state index in [1.165, 1.54) is 33.1 Å². The third-order valence-corrected chi connectivity index (χ3v) is 15.5. The van der Waals surface area contributed by atoms with Crippen molar-refractivity contribution in [2.24, 2.45) is 23.7 Å². The molecule has 0 aromatic heterocycles. The summed E-state index contributed by atoms with van der Waals surface area (Å²) in [6.45, 7) is 18.5. The van der Waals surface area contributed by atoms with Gasteiger partial charge in [0.1, 0.15) is 23.9 Å². The zero-order valence-corrected chi connectivity index (χ0v) is 40.2. The number of cyclic esters (lactones) is 1. The van der Waals surface area contributed by atoms with Crippen molar-refractivity contribution in [1.29, 1.82) is 0 Å². The van der Waals surface area contributed by atoms with Gasteiger partial charge in [0.25, 0.3) is 0 Å². The maximum absolute atomic E-state index is 14.4. The molecule has 3 heterocycles. The highest BCUT2D eigenvalue weighted by Crippen LogP contribution is 2.41. The molecule has 0 aliphatic carbocycles. The normalized spacial score (nSPS) is 44.4. The van der Waals surface area contributed by atoms with Gasteiger partial charge in [-0.15, -0.1) is 0 Å². The van der Waals surface area contributed by atoms with E-state index in [-0.39, 0.29) is 36.3 Å². The molecular formula is C45H78N2O14S. The molecule has 6 N–H and O–H groups in total. The summed E-state index contributed by atoms with van der Waals surface area (Å²) in [5.74, 6) is -4.59. The van der Waals surface area contributed by atoms with E-state index in [1.807, 2.05) is 32.8 Å². The number of esters is 1. The number of nitrogens with one attached hydrogen (secondary N) is 1. The van der Waals surface area contributed by atoms with Crippen LogP contribution >= 0.6 is 0 Å². The van der Waals surface area contributed by atoms with E-state index in [0.717, 1.165) is 5.56 Å². The summed E-state index contributed by atoms with van der Waals surface area (Å²) in [4.78, 5) is 16.3. The largest absolute Gasteiger partial charge is 0.459 e. The van der Waals surface area contributed by atoms with E-state index in [9.17, 15) is 38.7 Å². The summed E-state index contributed by atoms with van der Waals surface area (Å²) in [5, 5.41) is 59.8. The van der Waals surface area contributed by atoms with E-state index in [1.54, 1.807) is 60.6 Å². The Kier molecular flexibility index (Phi) is 17.7. The second kappa shape index (κ2) is 20.8. The Morgan fingerprint density at radius 1 is 0.887 bits per heavy atom. The first-order chi connectivity index (χ1) is 28.6. The van der Waals surface area contributed by atoms with Crippen LogP contribution in [0.2, 0.25) is 0 Å². The number of sulfonamides is 1. The number of carbonyl (C=O) groups is 1. The number of methoxy groups -OCH3 is 1. The van der Waals surface area contributed by atoms with E-state index < -0.39 is 118 Å². The Balaban J connectivity index is 1.90. The van der Waals surface area contributed by atoms with Gasteiger partial charge in [-0.1, -0.05) is 46.8 Å². The minimum absolute atomic E-state index is 0.00460. The lowest BCUT2D eigenvalue weighted by atomic mass is 9.72. The lowest BCUT2D eigenvalue weighted by molar-refractivity contribution is -0.318. The van der Waals surface area contributed by atoms with Crippen molar-refractivity contribution < 1.29 is 67.2 Å². The van der Waals surface area contributed by atoms with Gasteiger partial charge >= 0.3 is 5.97 Å². The number of likely N-dealkylation sites (N-methyl/N-ethyl adjacent to an activating group) is 1. The van der Waals surface area contributed by atoms with E-state index >= 15 is 0 Å². The highest BCUT2D eigenvalue weighted by molar-refractivity contribution is 7.89. The average Bonchev–Trinajstić information content (AvgIpc) is 3.21. The summed E-state index contributed by atoms with van der Waals surface area (Å²) >= 11 is 0. The molecule has 17 heteroatoms. The first-order valence-corrected chi connectivity index (χ1v) is 23.8. The van der Waals surface area contributed by atoms with Crippen LogP contribution < -0.4 is 4.72 Å². The number of hydrogen-bond acceptors (Lipinski definition) is 15. The van der Waals surface area contributed by atoms with Gasteiger partial charge in [0, 0.05) is 37.5 Å². The maximum Gasteiger partial charge on any atom is 0.311 e. The molecule has 0 unspecified atom stereocenters. The summed E-state index contributed by atoms with van der Waals surface area (Å²) in [5.41, 5.74) is -4.11. The summed E-state index contributed by atoms with van der Waals surface area (Å²) in [7, 11) is 0.915. The summed E-state index contributed by atoms with van der Waals surface area (Å²) < 4.78 is 68.8. The minimum Gasteiger partial charge on any atom is -0.459 e. The van der Waals surface area contributed by atoms with Crippen molar-refractivity contribution in [3.8, 4) is 0 Å². The fraction of sp³-hybridized carbons (Fsp3) is 0.844. The number of nitrogens with zero attached hydrogens (tertiary/aromatic N) is 1. The average molecular weight is 903 g/mol. The molecule has 16 nitrogen and oxygen atoms in total. The number of aryl methyl sites for hydroxylation is 1. The van der Waals surface area contributed by atoms with Crippen LogP contribution in [0.25, 0.3) is 0 Å². The van der Waals surface area contributed by atoms with E-state index in [0.29, 0.717) is 12.8 Å². The molecule has 0 amide bonds. The first kappa shape index (κ1) is 52.8. The van der Waals surface area contributed by atoms with Gasteiger partial charge in [-0.05, 0) is 105 Å². The third kappa shape index (κ3) is 11.6. The standard InChI is InChI=1S/C45H78N2O14S/c1-15-30-17-19-31(20-18-30)62(54,55)46-35-24(3)22-43(9,52)40(61-42-36(48)32(47(12)13)21-25(4)57-42)27(6)37(60-34-23-44(10,56-14)39(50)29(8)58-34)28(7)41(51)59-33(16-2)45(11,53)38(49)26(35)5/h17-20,24-29,32-40,42,46,48-50,52-53H,15-16,21-23H2,1-14H3/t24-,25+,26+,27+,28-,29+,32-,33-,34+,35+,36+,37+,38-,39+,40-,42-,43-,44-,45-/m1/s1. The number of ether oxygens (including phenoxy) is 6. The molecular weight excluding hydrogens is 825 g/mol. The molecule has 3 fully saturated rings. The molecule has 3 saturated heterocycles. The van der Waals surface area contributed by atoms with Crippen LogP contribution in [0.3, 0.4) is 0 Å². The summed E-state index contributed by atoms with van der Waals surface area (Å²) in [6.07, 6.45) is -9.67. The van der Waals surface area contributed by atoms with Gasteiger partial charge in [0.05, 0.1) is 52.5 Å². The Labute approximate surface area is 370 Å². The fourth-order valence-corrected chi connectivity index (χ4v) is 11.4. The molecule has 0 bridgehead atoms. The van der Waals surface area contributed by atoms with Crippen LogP contribution in [0, 0.1) is 23.7 Å². The molecule has 3 aliphatic heterocycles. The van der Waals surface area contributed by atoms with Gasteiger partial charge in [-0.3, -0.25) is 4.79 Å².